The maximum Gasteiger partial charge on any atom is 0.154 e. The number of aldehydes is 1. The standard InChI is InChI=1S/C24H31ClO4/c1-14(7-10-18-15(2)9-12-21(27)16(18)3)8-11-19-23(28-5)20(13-26)17(4)22(25)24(19)29-6/h7-8,10,13,15-16,18H,9,11-12H2,1-6H3/b10-7+,14-8-. The lowest BCUT2D eigenvalue weighted by molar-refractivity contribution is -0.126. The molecule has 0 heterocycles. The second-order valence-corrected chi connectivity index (χ2v) is 8.25. The molecule has 1 aliphatic carbocycles. The van der Waals surface area contributed by atoms with Crippen molar-refractivity contribution >= 4 is 23.7 Å². The van der Waals surface area contributed by atoms with E-state index in [-0.39, 0.29) is 11.8 Å². The molecule has 29 heavy (non-hydrogen) atoms. The van der Waals surface area contributed by atoms with Crippen LogP contribution in [-0.4, -0.2) is 26.3 Å². The molecule has 4 nitrogen and oxygen atoms in total. The number of ketones is 1. The molecule has 5 heteroatoms. The Morgan fingerprint density at radius 1 is 1.21 bits per heavy atom. The molecule has 3 unspecified atom stereocenters. The molecular formula is C24H31ClO4. The number of methoxy groups -OCH3 is 2. The lowest BCUT2D eigenvalue weighted by Gasteiger charge is -2.31. The molecule has 0 aliphatic heterocycles. The van der Waals surface area contributed by atoms with Crippen molar-refractivity contribution in [2.75, 3.05) is 14.2 Å². The monoisotopic (exact) mass is 418 g/mol. The quantitative estimate of drug-likeness (QED) is 0.416. The first-order valence-electron chi connectivity index (χ1n) is 10.0. The molecule has 1 fully saturated rings. The molecule has 2 rings (SSSR count). The Morgan fingerprint density at radius 3 is 2.45 bits per heavy atom. The van der Waals surface area contributed by atoms with Crippen molar-refractivity contribution in [2.45, 2.75) is 47.0 Å². The van der Waals surface area contributed by atoms with Crippen molar-refractivity contribution in [3.8, 4) is 11.5 Å². The molecule has 158 valence electrons. The Hall–Kier alpha value is -2.07. The third-order valence-electron chi connectivity index (χ3n) is 6.05. The van der Waals surface area contributed by atoms with Crippen LogP contribution >= 0.6 is 11.6 Å². The van der Waals surface area contributed by atoms with E-state index in [4.69, 9.17) is 21.1 Å². The first-order valence-corrected chi connectivity index (χ1v) is 10.4. The smallest absolute Gasteiger partial charge is 0.154 e. The van der Waals surface area contributed by atoms with E-state index in [1.54, 1.807) is 14.0 Å². The molecule has 3 atom stereocenters. The topological polar surface area (TPSA) is 52.6 Å². The highest BCUT2D eigenvalue weighted by atomic mass is 35.5. The first kappa shape index (κ1) is 23.2. The van der Waals surface area contributed by atoms with Crippen molar-refractivity contribution in [3.05, 3.63) is 45.5 Å². The van der Waals surface area contributed by atoms with Crippen molar-refractivity contribution in [2.24, 2.45) is 17.8 Å². The van der Waals surface area contributed by atoms with Gasteiger partial charge in [-0.1, -0.05) is 49.2 Å². The van der Waals surface area contributed by atoms with Crippen molar-refractivity contribution < 1.29 is 19.1 Å². The third-order valence-corrected chi connectivity index (χ3v) is 6.50. The largest absolute Gasteiger partial charge is 0.496 e. The third kappa shape index (κ3) is 4.92. The number of ether oxygens (including phenoxy) is 2. The molecule has 0 bridgehead atoms. The van der Waals surface area contributed by atoms with Gasteiger partial charge in [0.15, 0.2) is 6.29 Å². The maximum absolute atomic E-state index is 12.0. The summed E-state index contributed by atoms with van der Waals surface area (Å²) in [5, 5.41) is 0.426. The summed E-state index contributed by atoms with van der Waals surface area (Å²) in [4.78, 5) is 23.6. The van der Waals surface area contributed by atoms with Crippen LogP contribution in [-0.2, 0) is 11.2 Å². The summed E-state index contributed by atoms with van der Waals surface area (Å²) >= 11 is 6.43. The summed E-state index contributed by atoms with van der Waals surface area (Å²) in [7, 11) is 3.10. The van der Waals surface area contributed by atoms with Crippen LogP contribution in [0.2, 0.25) is 5.02 Å². The molecular weight excluding hydrogens is 388 g/mol. The van der Waals surface area contributed by atoms with Gasteiger partial charge in [-0.25, -0.2) is 0 Å². The highest BCUT2D eigenvalue weighted by Gasteiger charge is 2.31. The minimum atomic E-state index is 0.0639. The first-order chi connectivity index (χ1) is 13.8. The number of rotatable bonds is 7. The van der Waals surface area contributed by atoms with Crippen LogP contribution in [0.1, 0.15) is 55.1 Å². The fourth-order valence-corrected chi connectivity index (χ4v) is 4.37. The summed E-state index contributed by atoms with van der Waals surface area (Å²) in [6.07, 6.45) is 9.20. The van der Waals surface area contributed by atoms with Gasteiger partial charge in [-0.3, -0.25) is 9.59 Å². The molecule has 1 aromatic rings. The number of Topliss-reactive ketones (excluding diaryl/α,β-unsaturated/α-hetero) is 1. The van der Waals surface area contributed by atoms with Crippen LogP contribution in [0.25, 0.3) is 0 Å². The molecule has 0 spiro atoms. The molecule has 0 amide bonds. The van der Waals surface area contributed by atoms with Gasteiger partial charge in [0.05, 0.1) is 24.8 Å². The lowest BCUT2D eigenvalue weighted by Crippen LogP contribution is -2.30. The average Bonchev–Trinajstić information content (AvgIpc) is 2.71. The Morgan fingerprint density at radius 2 is 1.86 bits per heavy atom. The zero-order valence-electron chi connectivity index (χ0n) is 18.2. The lowest BCUT2D eigenvalue weighted by atomic mass is 9.72. The van der Waals surface area contributed by atoms with E-state index < -0.39 is 0 Å². The minimum Gasteiger partial charge on any atom is -0.496 e. The van der Waals surface area contributed by atoms with Gasteiger partial charge in [0.1, 0.15) is 17.3 Å². The van der Waals surface area contributed by atoms with Crippen LogP contribution < -0.4 is 9.47 Å². The summed E-state index contributed by atoms with van der Waals surface area (Å²) < 4.78 is 11.0. The summed E-state index contributed by atoms with van der Waals surface area (Å²) in [6.45, 7) is 8.03. The zero-order chi connectivity index (χ0) is 21.7. The zero-order valence-corrected chi connectivity index (χ0v) is 18.9. The van der Waals surface area contributed by atoms with Crippen LogP contribution in [0.4, 0.5) is 0 Å². The van der Waals surface area contributed by atoms with Gasteiger partial charge in [0.25, 0.3) is 0 Å². The van der Waals surface area contributed by atoms with Crippen molar-refractivity contribution in [1.82, 2.24) is 0 Å². The maximum atomic E-state index is 12.0. The Balaban J connectivity index is 2.32. The SMILES string of the molecule is COc1c(Cl)c(C)c(C=O)c(OC)c1C/C=C(C)\C=C\C1C(C)CCC(=O)C1C. The van der Waals surface area contributed by atoms with E-state index in [1.807, 2.05) is 13.8 Å². The number of hydrogen-bond acceptors (Lipinski definition) is 4. The summed E-state index contributed by atoms with van der Waals surface area (Å²) in [5.41, 5.74) is 2.90. The Kier molecular flexibility index (Phi) is 8.09. The molecule has 0 N–H and O–H groups in total. The highest BCUT2D eigenvalue weighted by molar-refractivity contribution is 6.33. The van der Waals surface area contributed by atoms with Gasteiger partial charge in [-0.05, 0) is 44.1 Å². The van der Waals surface area contributed by atoms with E-state index in [0.29, 0.717) is 52.2 Å². The molecule has 0 saturated heterocycles. The predicted octanol–water partition coefficient (Wildman–Crippen LogP) is 5.77. The van der Waals surface area contributed by atoms with Gasteiger partial charge in [-0.2, -0.15) is 0 Å². The summed E-state index contributed by atoms with van der Waals surface area (Å²) in [5.74, 6) is 2.20. The Labute approximate surface area is 178 Å². The number of carbonyl (C=O) groups excluding carboxylic acids is 2. The van der Waals surface area contributed by atoms with Crippen molar-refractivity contribution in [1.29, 1.82) is 0 Å². The van der Waals surface area contributed by atoms with Crippen LogP contribution in [0.5, 0.6) is 11.5 Å². The molecule has 1 aromatic carbocycles. The molecule has 0 radical (unpaired) electrons. The van der Waals surface area contributed by atoms with Gasteiger partial charge in [-0.15, -0.1) is 0 Å². The fourth-order valence-electron chi connectivity index (χ4n) is 4.08. The van der Waals surface area contributed by atoms with E-state index in [1.165, 1.54) is 7.11 Å². The highest BCUT2D eigenvalue weighted by Crippen LogP contribution is 2.41. The number of carbonyl (C=O) groups is 2. The van der Waals surface area contributed by atoms with Gasteiger partial charge in [0, 0.05) is 17.9 Å². The molecule has 1 aliphatic rings. The van der Waals surface area contributed by atoms with Crippen LogP contribution in [0.3, 0.4) is 0 Å². The Bertz CT molecular complexity index is 838. The van der Waals surface area contributed by atoms with Crippen LogP contribution in [0, 0.1) is 24.7 Å². The second-order valence-electron chi connectivity index (χ2n) is 7.88. The fraction of sp³-hybridized carbons (Fsp3) is 0.500. The van der Waals surface area contributed by atoms with Crippen molar-refractivity contribution in [3.63, 3.8) is 0 Å². The predicted molar refractivity (Wildman–Crippen MR) is 117 cm³/mol. The summed E-state index contributed by atoms with van der Waals surface area (Å²) in [6, 6.07) is 0. The van der Waals surface area contributed by atoms with Gasteiger partial charge in [0.2, 0.25) is 0 Å². The van der Waals surface area contributed by atoms with E-state index in [9.17, 15) is 9.59 Å². The normalized spacial score (nSPS) is 22.8. The van der Waals surface area contributed by atoms with E-state index in [2.05, 4.69) is 25.2 Å². The van der Waals surface area contributed by atoms with E-state index >= 15 is 0 Å². The number of halogens is 1. The molecule has 1 saturated carbocycles. The van der Waals surface area contributed by atoms with Gasteiger partial charge >= 0.3 is 0 Å². The van der Waals surface area contributed by atoms with E-state index in [0.717, 1.165) is 23.8 Å². The van der Waals surface area contributed by atoms with Gasteiger partial charge < -0.3 is 9.47 Å². The minimum absolute atomic E-state index is 0.0639. The average molecular weight is 419 g/mol. The number of allylic oxidation sites excluding steroid dienone is 4. The number of hydrogen-bond donors (Lipinski definition) is 0. The second kappa shape index (κ2) is 10.1. The molecule has 0 aromatic heterocycles. The number of benzene rings is 1. The van der Waals surface area contributed by atoms with Crippen LogP contribution in [0.15, 0.2) is 23.8 Å².